The van der Waals surface area contributed by atoms with Crippen LogP contribution < -0.4 is 9.47 Å². The van der Waals surface area contributed by atoms with Crippen molar-refractivity contribution in [3.63, 3.8) is 0 Å². The Kier molecular flexibility index (Phi) is 7.47. The van der Waals surface area contributed by atoms with Gasteiger partial charge in [0.1, 0.15) is 11.5 Å². The highest BCUT2D eigenvalue weighted by atomic mass is 32.2. The predicted molar refractivity (Wildman–Crippen MR) is 123 cm³/mol. The van der Waals surface area contributed by atoms with E-state index in [1.807, 2.05) is 6.92 Å². The molecule has 0 aliphatic carbocycles. The monoisotopic (exact) mass is 475 g/mol. The van der Waals surface area contributed by atoms with Crippen LogP contribution in [0.3, 0.4) is 0 Å². The van der Waals surface area contributed by atoms with E-state index in [4.69, 9.17) is 9.47 Å². The zero-order valence-electron chi connectivity index (χ0n) is 19.3. The van der Waals surface area contributed by atoms with Crippen LogP contribution in [-0.4, -0.2) is 74.9 Å². The lowest BCUT2D eigenvalue weighted by Gasteiger charge is -2.37. The molecule has 1 heterocycles. The number of sulfonamides is 1. The number of hydrogen-bond acceptors (Lipinski definition) is 6. The fraction of sp³-hybridized carbons (Fsp3) is 0.391. The molecule has 0 unspecified atom stereocenters. The molecule has 2 aromatic rings. The summed E-state index contributed by atoms with van der Waals surface area (Å²) in [5.74, 6) is 0.897. The molecular weight excluding hydrogens is 446 g/mol. The average Bonchev–Trinajstić information content (AvgIpc) is 2.82. The van der Waals surface area contributed by atoms with Crippen LogP contribution in [0, 0.1) is 6.92 Å². The molecule has 1 fully saturated rings. The SMILES string of the molecule is COc1cc(CN(C(=O)N2CCN(C(C)=O)CC2)S(=O)(=O)c2ccc(C)cc2)cc(OC)c1. The van der Waals surface area contributed by atoms with Gasteiger partial charge in [-0.3, -0.25) is 4.79 Å². The Balaban J connectivity index is 1.97. The number of urea groups is 1. The third kappa shape index (κ3) is 5.57. The number of rotatable bonds is 6. The van der Waals surface area contributed by atoms with E-state index in [2.05, 4.69) is 0 Å². The molecule has 0 N–H and O–H groups in total. The molecule has 9 nitrogen and oxygen atoms in total. The minimum atomic E-state index is -4.15. The molecule has 178 valence electrons. The lowest BCUT2D eigenvalue weighted by atomic mass is 10.2. The summed E-state index contributed by atoms with van der Waals surface area (Å²) in [6.07, 6.45) is 0. The van der Waals surface area contributed by atoms with Gasteiger partial charge in [0.05, 0.1) is 25.7 Å². The van der Waals surface area contributed by atoms with E-state index in [0.717, 1.165) is 9.87 Å². The van der Waals surface area contributed by atoms with Crippen molar-refractivity contribution in [1.29, 1.82) is 0 Å². The van der Waals surface area contributed by atoms with Gasteiger partial charge in [-0.05, 0) is 36.8 Å². The molecule has 0 aromatic heterocycles. The van der Waals surface area contributed by atoms with E-state index in [1.54, 1.807) is 35.2 Å². The Hall–Kier alpha value is -3.27. The summed E-state index contributed by atoms with van der Waals surface area (Å²) in [6, 6.07) is 10.7. The van der Waals surface area contributed by atoms with Crippen molar-refractivity contribution in [3.05, 3.63) is 53.6 Å². The van der Waals surface area contributed by atoms with Gasteiger partial charge in [0, 0.05) is 39.2 Å². The van der Waals surface area contributed by atoms with Crippen molar-refractivity contribution in [2.75, 3.05) is 40.4 Å². The molecule has 0 spiro atoms. The zero-order valence-corrected chi connectivity index (χ0v) is 20.1. The molecule has 0 atom stereocenters. The first-order chi connectivity index (χ1) is 15.6. The second-order valence-corrected chi connectivity index (χ2v) is 9.68. The lowest BCUT2D eigenvalue weighted by molar-refractivity contribution is -0.130. The molecule has 2 aromatic carbocycles. The Morgan fingerprint density at radius 3 is 1.91 bits per heavy atom. The van der Waals surface area contributed by atoms with Crippen molar-refractivity contribution in [2.45, 2.75) is 25.3 Å². The fourth-order valence-corrected chi connectivity index (χ4v) is 4.96. The summed E-state index contributed by atoms with van der Waals surface area (Å²) in [4.78, 5) is 28.2. The highest BCUT2D eigenvalue weighted by Crippen LogP contribution is 2.27. The van der Waals surface area contributed by atoms with Crippen LogP contribution in [0.25, 0.3) is 0 Å². The van der Waals surface area contributed by atoms with Crippen LogP contribution in [0.1, 0.15) is 18.1 Å². The summed E-state index contributed by atoms with van der Waals surface area (Å²) < 4.78 is 38.6. The Labute approximate surface area is 194 Å². The highest BCUT2D eigenvalue weighted by Gasteiger charge is 2.34. The van der Waals surface area contributed by atoms with Gasteiger partial charge in [0.15, 0.2) is 0 Å². The molecule has 1 aliphatic rings. The smallest absolute Gasteiger partial charge is 0.334 e. The second-order valence-electron chi connectivity index (χ2n) is 7.82. The van der Waals surface area contributed by atoms with Gasteiger partial charge in [-0.1, -0.05) is 17.7 Å². The van der Waals surface area contributed by atoms with E-state index < -0.39 is 16.1 Å². The van der Waals surface area contributed by atoms with E-state index in [9.17, 15) is 18.0 Å². The number of amides is 3. The van der Waals surface area contributed by atoms with Crippen LogP contribution >= 0.6 is 0 Å². The van der Waals surface area contributed by atoms with Gasteiger partial charge >= 0.3 is 6.03 Å². The first-order valence-corrected chi connectivity index (χ1v) is 12.0. The molecule has 0 radical (unpaired) electrons. The molecule has 0 bridgehead atoms. The van der Waals surface area contributed by atoms with Gasteiger partial charge in [-0.2, -0.15) is 0 Å². The van der Waals surface area contributed by atoms with Gasteiger partial charge in [0.25, 0.3) is 10.0 Å². The Morgan fingerprint density at radius 1 is 0.909 bits per heavy atom. The molecule has 10 heteroatoms. The van der Waals surface area contributed by atoms with E-state index in [1.165, 1.54) is 38.2 Å². The molecule has 3 rings (SSSR count). The number of methoxy groups -OCH3 is 2. The quantitative estimate of drug-likeness (QED) is 0.637. The van der Waals surface area contributed by atoms with Crippen LogP contribution in [0.5, 0.6) is 11.5 Å². The summed E-state index contributed by atoms with van der Waals surface area (Å²) in [7, 11) is -1.16. The first kappa shape index (κ1) is 24.4. The number of aryl methyl sites for hydroxylation is 1. The zero-order chi connectivity index (χ0) is 24.2. The molecular formula is C23H29N3O6S. The van der Waals surface area contributed by atoms with Crippen LogP contribution in [0.2, 0.25) is 0 Å². The largest absolute Gasteiger partial charge is 0.497 e. The summed E-state index contributed by atoms with van der Waals surface area (Å²) >= 11 is 0. The molecule has 0 saturated carbocycles. The number of carbonyl (C=O) groups excluding carboxylic acids is 2. The van der Waals surface area contributed by atoms with Gasteiger partial charge in [-0.15, -0.1) is 0 Å². The number of carbonyl (C=O) groups is 2. The molecule has 33 heavy (non-hydrogen) atoms. The normalized spacial score (nSPS) is 14.1. The minimum Gasteiger partial charge on any atom is -0.497 e. The van der Waals surface area contributed by atoms with Gasteiger partial charge < -0.3 is 19.3 Å². The number of ether oxygens (including phenoxy) is 2. The summed E-state index contributed by atoms with van der Waals surface area (Å²) in [5.41, 5.74) is 1.45. The van der Waals surface area contributed by atoms with E-state index in [0.29, 0.717) is 30.2 Å². The van der Waals surface area contributed by atoms with Gasteiger partial charge in [-0.25, -0.2) is 17.5 Å². The van der Waals surface area contributed by atoms with Crippen molar-refractivity contribution < 1.29 is 27.5 Å². The standard InChI is InChI=1S/C23H29N3O6S/c1-17-5-7-22(8-6-17)33(29,30)26(16-19-13-20(31-3)15-21(14-19)32-4)23(28)25-11-9-24(10-12-25)18(2)27/h5-8,13-15H,9-12,16H2,1-4H3. The number of benzene rings is 2. The lowest BCUT2D eigenvalue weighted by Crippen LogP contribution is -2.54. The molecule has 1 aliphatic heterocycles. The second kappa shape index (κ2) is 10.1. The first-order valence-electron chi connectivity index (χ1n) is 10.5. The van der Waals surface area contributed by atoms with Crippen molar-refractivity contribution in [1.82, 2.24) is 14.1 Å². The molecule has 1 saturated heterocycles. The number of nitrogens with zero attached hydrogens (tertiary/aromatic N) is 3. The van der Waals surface area contributed by atoms with Crippen molar-refractivity contribution >= 4 is 22.0 Å². The predicted octanol–water partition coefficient (Wildman–Crippen LogP) is 2.49. The molecule has 3 amide bonds. The third-order valence-corrected chi connectivity index (χ3v) is 7.29. The van der Waals surface area contributed by atoms with E-state index in [-0.39, 0.29) is 30.4 Å². The number of piperazine rings is 1. The number of hydrogen-bond donors (Lipinski definition) is 0. The average molecular weight is 476 g/mol. The van der Waals surface area contributed by atoms with Crippen LogP contribution in [0.15, 0.2) is 47.4 Å². The van der Waals surface area contributed by atoms with E-state index >= 15 is 0 Å². The Morgan fingerprint density at radius 2 is 1.42 bits per heavy atom. The maximum Gasteiger partial charge on any atom is 0.334 e. The van der Waals surface area contributed by atoms with Crippen LogP contribution in [-0.2, 0) is 21.4 Å². The maximum absolute atomic E-state index is 13.6. The topological polar surface area (TPSA) is 96.5 Å². The summed E-state index contributed by atoms with van der Waals surface area (Å²) in [6.45, 7) is 4.34. The third-order valence-electron chi connectivity index (χ3n) is 5.56. The van der Waals surface area contributed by atoms with Crippen LogP contribution in [0.4, 0.5) is 4.79 Å². The Bertz CT molecular complexity index is 1090. The highest BCUT2D eigenvalue weighted by molar-refractivity contribution is 7.89. The minimum absolute atomic E-state index is 0.0266. The summed E-state index contributed by atoms with van der Waals surface area (Å²) in [5, 5.41) is 0. The van der Waals surface area contributed by atoms with Crippen molar-refractivity contribution in [3.8, 4) is 11.5 Å². The van der Waals surface area contributed by atoms with Crippen molar-refractivity contribution in [2.24, 2.45) is 0 Å². The fourth-order valence-electron chi connectivity index (χ4n) is 3.59. The maximum atomic E-state index is 13.6. The van der Waals surface area contributed by atoms with Gasteiger partial charge in [0.2, 0.25) is 5.91 Å².